The van der Waals surface area contributed by atoms with E-state index in [2.05, 4.69) is 9.97 Å². The van der Waals surface area contributed by atoms with Crippen molar-refractivity contribution < 1.29 is 5.11 Å². The SMILES string of the molecule is Cc1cc(Sc2nc(N)cc(=O)[nH]2)ccc1CO. The number of aliphatic hydroxyl groups excluding tert-OH is 1. The molecule has 0 aliphatic heterocycles. The van der Waals surface area contributed by atoms with Gasteiger partial charge in [-0.2, -0.15) is 0 Å². The minimum absolute atomic E-state index is 0.0180. The van der Waals surface area contributed by atoms with Crippen molar-refractivity contribution in [3.8, 4) is 0 Å². The number of rotatable bonds is 3. The van der Waals surface area contributed by atoms with E-state index < -0.39 is 0 Å². The van der Waals surface area contributed by atoms with E-state index in [9.17, 15) is 4.79 Å². The quantitative estimate of drug-likeness (QED) is 0.726. The second-order valence-electron chi connectivity index (χ2n) is 3.82. The summed E-state index contributed by atoms with van der Waals surface area (Å²) in [4.78, 5) is 18.8. The number of aliphatic hydroxyl groups is 1. The third-order valence-electron chi connectivity index (χ3n) is 2.44. The maximum Gasteiger partial charge on any atom is 0.253 e. The molecule has 0 atom stereocenters. The van der Waals surface area contributed by atoms with Gasteiger partial charge in [0, 0.05) is 11.0 Å². The number of hydrogen-bond acceptors (Lipinski definition) is 5. The molecule has 0 spiro atoms. The largest absolute Gasteiger partial charge is 0.392 e. The third-order valence-corrected chi connectivity index (χ3v) is 3.32. The van der Waals surface area contributed by atoms with Crippen LogP contribution < -0.4 is 11.3 Å². The van der Waals surface area contributed by atoms with Gasteiger partial charge < -0.3 is 15.8 Å². The van der Waals surface area contributed by atoms with Crippen LogP contribution in [0.5, 0.6) is 0 Å². The van der Waals surface area contributed by atoms with Gasteiger partial charge in [0.2, 0.25) is 0 Å². The molecule has 0 fully saturated rings. The summed E-state index contributed by atoms with van der Waals surface area (Å²) in [7, 11) is 0. The lowest BCUT2D eigenvalue weighted by molar-refractivity contribution is 0.281. The lowest BCUT2D eigenvalue weighted by atomic mass is 10.1. The molecule has 4 N–H and O–H groups in total. The second-order valence-corrected chi connectivity index (χ2v) is 4.89. The van der Waals surface area contributed by atoms with E-state index in [1.807, 2.05) is 25.1 Å². The number of nitrogen functional groups attached to an aromatic ring is 1. The first-order chi connectivity index (χ1) is 8.58. The predicted octanol–water partition coefficient (Wildman–Crippen LogP) is 1.30. The summed E-state index contributed by atoms with van der Waals surface area (Å²) in [6.07, 6.45) is 0. The molecule has 0 aliphatic rings. The molecule has 0 bridgehead atoms. The van der Waals surface area contributed by atoms with Gasteiger partial charge in [0.05, 0.1) is 6.61 Å². The van der Waals surface area contributed by atoms with Crippen molar-refractivity contribution in [2.45, 2.75) is 23.6 Å². The van der Waals surface area contributed by atoms with Crippen LogP contribution >= 0.6 is 11.8 Å². The van der Waals surface area contributed by atoms with Crippen LogP contribution in [0.25, 0.3) is 0 Å². The number of nitrogens with zero attached hydrogens (tertiary/aromatic N) is 1. The van der Waals surface area contributed by atoms with Gasteiger partial charge in [-0.25, -0.2) is 4.98 Å². The molecule has 1 aromatic carbocycles. The Labute approximate surface area is 108 Å². The van der Waals surface area contributed by atoms with E-state index in [0.29, 0.717) is 5.16 Å². The van der Waals surface area contributed by atoms with E-state index in [0.717, 1.165) is 16.0 Å². The highest BCUT2D eigenvalue weighted by atomic mass is 32.2. The molecule has 0 aliphatic carbocycles. The van der Waals surface area contributed by atoms with Crippen LogP contribution in [0.1, 0.15) is 11.1 Å². The van der Waals surface area contributed by atoms with Gasteiger partial charge in [0.1, 0.15) is 5.82 Å². The molecule has 2 aromatic rings. The molecule has 2 rings (SSSR count). The fourth-order valence-electron chi connectivity index (χ4n) is 1.52. The zero-order valence-corrected chi connectivity index (χ0v) is 10.6. The van der Waals surface area contributed by atoms with Crippen LogP contribution in [-0.4, -0.2) is 15.1 Å². The fraction of sp³-hybridized carbons (Fsp3) is 0.167. The highest BCUT2D eigenvalue weighted by Gasteiger charge is 2.04. The van der Waals surface area contributed by atoms with E-state index in [-0.39, 0.29) is 18.0 Å². The summed E-state index contributed by atoms with van der Waals surface area (Å²) in [6.45, 7) is 1.94. The van der Waals surface area contributed by atoms with Crippen molar-refractivity contribution in [3.05, 3.63) is 45.7 Å². The molecule has 18 heavy (non-hydrogen) atoms. The molecule has 0 radical (unpaired) electrons. The Kier molecular flexibility index (Phi) is 3.69. The minimum Gasteiger partial charge on any atom is -0.392 e. The van der Waals surface area contributed by atoms with Gasteiger partial charge in [0.25, 0.3) is 5.56 Å². The third kappa shape index (κ3) is 2.91. The number of nitrogens with two attached hydrogens (primary N) is 1. The average molecular weight is 263 g/mol. The Morgan fingerprint density at radius 3 is 2.83 bits per heavy atom. The Bertz CT molecular complexity index is 625. The Balaban J connectivity index is 2.28. The van der Waals surface area contributed by atoms with Crippen LogP contribution in [0.4, 0.5) is 5.82 Å². The summed E-state index contributed by atoms with van der Waals surface area (Å²) in [5.41, 5.74) is 7.12. The normalized spacial score (nSPS) is 10.6. The number of nitrogens with one attached hydrogen (secondary N) is 1. The van der Waals surface area contributed by atoms with Crippen LogP contribution in [0.3, 0.4) is 0 Å². The molecular formula is C12H13N3O2S. The van der Waals surface area contributed by atoms with Crippen molar-refractivity contribution in [1.29, 1.82) is 0 Å². The van der Waals surface area contributed by atoms with E-state index in [1.165, 1.54) is 17.8 Å². The Morgan fingerprint density at radius 1 is 1.44 bits per heavy atom. The van der Waals surface area contributed by atoms with Crippen molar-refractivity contribution in [3.63, 3.8) is 0 Å². The summed E-state index contributed by atoms with van der Waals surface area (Å²) in [5, 5.41) is 9.54. The summed E-state index contributed by atoms with van der Waals surface area (Å²) in [5.74, 6) is 0.199. The number of H-pyrrole nitrogens is 1. The minimum atomic E-state index is -0.270. The number of benzene rings is 1. The van der Waals surface area contributed by atoms with Crippen LogP contribution in [0.15, 0.2) is 39.1 Å². The maximum atomic E-state index is 11.2. The smallest absolute Gasteiger partial charge is 0.253 e. The molecule has 0 amide bonds. The average Bonchev–Trinajstić information content (AvgIpc) is 2.27. The number of anilines is 1. The molecule has 5 nitrogen and oxygen atoms in total. The van der Waals surface area contributed by atoms with Gasteiger partial charge in [-0.3, -0.25) is 4.79 Å². The van der Waals surface area contributed by atoms with Crippen LogP contribution in [0, 0.1) is 6.92 Å². The van der Waals surface area contributed by atoms with E-state index in [4.69, 9.17) is 10.8 Å². The standard InChI is InChI=1S/C12H13N3O2S/c1-7-4-9(3-2-8(7)6-16)18-12-14-10(13)5-11(17)15-12/h2-5,16H,6H2,1H3,(H3,13,14,15,17). The van der Waals surface area contributed by atoms with Gasteiger partial charge in [0.15, 0.2) is 5.16 Å². The van der Waals surface area contributed by atoms with E-state index in [1.54, 1.807) is 0 Å². The summed E-state index contributed by atoms with van der Waals surface area (Å²) < 4.78 is 0. The van der Waals surface area contributed by atoms with Crippen molar-refractivity contribution >= 4 is 17.6 Å². The molecule has 0 saturated heterocycles. The molecule has 1 aromatic heterocycles. The molecule has 0 saturated carbocycles. The monoisotopic (exact) mass is 263 g/mol. The first kappa shape index (κ1) is 12.7. The summed E-state index contributed by atoms with van der Waals surface area (Å²) in [6, 6.07) is 6.89. The predicted molar refractivity (Wildman–Crippen MR) is 70.5 cm³/mol. The topological polar surface area (TPSA) is 92.0 Å². The molecule has 0 unspecified atom stereocenters. The Hall–Kier alpha value is -1.79. The van der Waals surface area contributed by atoms with Gasteiger partial charge in [-0.1, -0.05) is 17.8 Å². The highest BCUT2D eigenvalue weighted by molar-refractivity contribution is 7.99. The Morgan fingerprint density at radius 2 is 2.22 bits per heavy atom. The number of aromatic nitrogens is 2. The second kappa shape index (κ2) is 5.24. The highest BCUT2D eigenvalue weighted by Crippen LogP contribution is 2.26. The first-order valence-electron chi connectivity index (χ1n) is 5.33. The lowest BCUT2D eigenvalue weighted by Crippen LogP contribution is -2.09. The van der Waals surface area contributed by atoms with E-state index >= 15 is 0 Å². The molecule has 1 heterocycles. The van der Waals surface area contributed by atoms with Gasteiger partial charge in [-0.05, 0) is 30.2 Å². The van der Waals surface area contributed by atoms with Crippen LogP contribution in [-0.2, 0) is 6.61 Å². The molecular weight excluding hydrogens is 250 g/mol. The lowest BCUT2D eigenvalue weighted by Gasteiger charge is -2.06. The van der Waals surface area contributed by atoms with Gasteiger partial charge in [-0.15, -0.1) is 0 Å². The maximum absolute atomic E-state index is 11.2. The first-order valence-corrected chi connectivity index (χ1v) is 6.15. The van der Waals surface area contributed by atoms with Crippen LogP contribution in [0.2, 0.25) is 0 Å². The van der Waals surface area contributed by atoms with Crippen molar-refractivity contribution in [1.82, 2.24) is 9.97 Å². The zero-order valence-electron chi connectivity index (χ0n) is 9.80. The zero-order chi connectivity index (χ0) is 13.1. The fourth-order valence-corrected chi connectivity index (χ4v) is 2.42. The van der Waals surface area contributed by atoms with Gasteiger partial charge >= 0.3 is 0 Å². The number of hydrogen-bond donors (Lipinski definition) is 3. The molecule has 6 heteroatoms. The number of aryl methyl sites for hydroxylation is 1. The van der Waals surface area contributed by atoms with Crippen molar-refractivity contribution in [2.24, 2.45) is 0 Å². The summed E-state index contributed by atoms with van der Waals surface area (Å²) >= 11 is 1.32. The molecule has 94 valence electrons. The van der Waals surface area contributed by atoms with Crippen molar-refractivity contribution in [2.75, 3.05) is 5.73 Å². The number of aromatic amines is 1.